The fourth-order valence-corrected chi connectivity index (χ4v) is 6.80. The first kappa shape index (κ1) is 34.2. The molecular formula is C48H30F2N6. The van der Waals surface area contributed by atoms with Gasteiger partial charge in [0.1, 0.15) is 11.6 Å². The Bertz CT molecular complexity index is 2430. The molecular weight excluding hydrogens is 699 g/mol. The van der Waals surface area contributed by atoms with E-state index in [1.54, 1.807) is 73.1 Å². The van der Waals surface area contributed by atoms with Gasteiger partial charge >= 0.3 is 0 Å². The van der Waals surface area contributed by atoms with Gasteiger partial charge < -0.3 is 0 Å². The number of aromatic nitrogens is 6. The maximum atomic E-state index is 18.3. The van der Waals surface area contributed by atoms with E-state index < -0.39 is 11.6 Å². The minimum Gasteiger partial charge on any atom is -0.255 e. The van der Waals surface area contributed by atoms with Crippen LogP contribution in [0.5, 0.6) is 0 Å². The van der Waals surface area contributed by atoms with Crippen molar-refractivity contribution in [1.82, 2.24) is 29.9 Å². The second kappa shape index (κ2) is 15.0. The van der Waals surface area contributed by atoms with Crippen LogP contribution in [-0.2, 0) is 0 Å². The normalized spacial score (nSPS) is 11.0. The summed E-state index contributed by atoms with van der Waals surface area (Å²) in [5.41, 5.74) is 5.63. The zero-order valence-electron chi connectivity index (χ0n) is 29.8. The topological polar surface area (TPSA) is 77.3 Å². The molecule has 6 heterocycles. The van der Waals surface area contributed by atoms with Crippen LogP contribution in [0.2, 0.25) is 0 Å². The Balaban J connectivity index is 1.38. The van der Waals surface area contributed by atoms with Gasteiger partial charge in [0.05, 0.1) is 56.9 Å². The highest BCUT2D eigenvalue weighted by Crippen LogP contribution is 2.46. The van der Waals surface area contributed by atoms with E-state index in [2.05, 4.69) is 9.97 Å². The summed E-state index contributed by atoms with van der Waals surface area (Å²) in [7, 11) is 0. The standard InChI is InChI=1S/C48H30F2N6/c49-47-43(39-25-11-21-33(53-39)31-15-3-1-4-16-31)45(41-27-13-23-37(55-41)35-19-7-9-29-51-35)48(50)46(42-28-14-24-38(56-42)36-20-8-10-30-52-36)44(47)40-26-12-22-34(54-40)32-17-5-2-6-18-32/h1-30H. The van der Waals surface area contributed by atoms with Crippen molar-refractivity contribution in [3.8, 4) is 90.3 Å². The van der Waals surface area contributed by atoms with Gasteiger partial charge in [0, 0.05) is 45.8 Å². The van der Waals surface area contributed by atoms with Crippen molar-refractivity contribution in [2.45, 2.75) is 0 Å². The van der Waals surface area contributed by atoms with Crippen molar-refractivity contribution >= 4 is 0 Å². The van der Waals surface area contributed by atoms with Gasteiger partial charge in [0.25, 0.3) is 0 Å². The summed E-state index contributed by atoms with van der Waals surface area (Å²) in [6.45, 7) is 0. The summed E-state index contributed by atoms with van der Waals surface area (Å²) in [6.07, 6.45) is 3.33. The molecule has 0 aliphatic heterocycles. The highest BCUT2D eigenvalue weighted by Gasteiger charge is 2.31. The predicted molar refractivity (Wildman–Crippen MR) is 217 cm³/mol. The van der Waals surface area contributed by atoms with Gasteiger partial charge in [-0.15, -0.1) is 0 Å². The van der Waals surface area contributed by atoms with E-state index in [1.807, 2.05) is 109 Å². The molecule has 0 N–H and O–H groups in total. The molecule has 0 aliphatic carbocycles. The third-order valence-electron chi connectivity index (χ3n) is 9.39. The number of halogens is 2. The Morgan fingerprint density at radius 3 is 0.875 bits per heavy atom. The van der Waals surface area contributed by atoms with Crippen molar-refractivity contribution in [3.05, 3.63) is 194 Å². The van der Waals surface area contributed by atoms with E-state index in [1.165, 1.54) is 0 Å². The van der Waals surface area contributed by atoms with Crippen LogP contribution < -0.4 is 0 Å². The van der Waals surface area contributed by atoms with Gasteiger partial charge in [-0.05, 0) is 72.8 Å². The van der Waals surface area contributed by atoms with Crippen LogP contribution in [0.25, 0.3) is 90.3 Å². The molecule has 0 bridgehead atoms. The highest BCUT2D eigenvalue weighted by atomic mass is 19.1. The molecule has 56 heavy (non-hydrogen) atoms. The van der Waals surface area contributed by atoms with E-state index in [0.717, 1.165) is 11.1 Å². The number of benzene rings is 3. The zero-order chi connectivity index (χ0) is 37.8. The summed E-state index contributed by atoms with van der Waals surface area (Å²) in [5.74, 6) is -1.45. The molecule has 0 spiro atoms. The third-order valence-corrected chi connectivity index (χ3v) is 9.39. The fourth-order valence-electron chi connectivity index (χ4n) is 6.80. The molecule has 0 saturated carbocycles. The van der Waals surface area contributed by atoms with E-state index in [9.17, 15) is 0 Å². The van der Waals surface area contributed by atoms with E-state index in [4.69, 9.17) is 19.9 Å². The molecule has 0 unspecified atom stereocenters. The molecule has 6 aromatic heterocycles. The lowest BCUT2D eigenvalue weighted by atomic mass is 9.88. The van der Waals surface area contributed by atoms with Crippen LogP contribution in [0.15, 0.2) is 182 Å². The van der Waals surface area contributed by atoms with Crippen molar-refractivity contribution in [2.24, 2.45) is 0 Å². The largest absolute Gasteiger partial charge is 0.255 e. The lowest BCUT2D eigenvalue weighted by molar-refractivity contribution is 0.610. The molecule has 0 aliphatic rings. The van der Waals surface area contributed by atoms with Crippen LogP contribution in [0.3, 0.4) is 0 Å². The summed E-state index contributed by atoms with van der Waals surface area (Å²) in [5, 5.41) is 0. The Kier molecular flexibility index (Phi) is 9.19. The van der Waals surface area contributed by atoms with E-state index >= 15 is 8.78 Å². The first-order chi connectivity index (χ1) is 27.6. The van der Waals surface area contributed by atoms with Crippen molar-refractivity contribution in [2.75, 3.05) is 0 Å². The second-order valence-corrected chi connectivity index (χ2v) is 12.9. The number of pyridine rings is 6. The van der Waals surface area contributed by atoms with Crippen LogP contribution in [-0.4, -0.2) is 29.9 Å². The minimum absolute atomic E-state index is 0.0579. The van der Waals surface area contributed by atoms with Crippen LogP contribution >= 0.6 is 0 Å². The molecule has 0 radical (unpaired) electrons. The van der Waals surface area contributed by atoms with Crippen LogP contribution in [0.1, 0.15) is 0 Å². The van der Waals surface area contributed by atoms with Gasteiger partial charge in [-0.25, -0.2) is 28.7 Å². The summed E-state index contributed by atoms with van der Waals surface area (Å²) >= 11 is 0. The van der Waals surface area contributed by atoms with Crippen molar-refractivity contribution in [3.63, 3.8) is 0 Å². The van der Waals surface area contributed by atoms with Gasteiger partial charge in [-0.2, -0.15) is 0 Å². The Morgan fingerprint density at radius 1 is 0.250 bits per heavy atom. The molecule has 9 rings (SSSR count). The highest BCUT2D eigenvalue weighted by molar-refractivity contribution is 5.95. The number of nitrogens with zero attached hydrogens (tertiary/aromatic N) is 6. The van der Waals surface area contributed by atoms with Crippen LogP contribution in [0.4, 0.5) is 8.78 Å². The number of rotatable bonds is 8. The maximum absolute atomic E-state index is 18.3. The third kappa shape index (κ3) is 6.60. The summed E-state index contributed by atoms with van der Waals surface area (Å²) in [4.78, 5) is 28.6. The molecule has 0 fully saturated rings. The maximum Gasteiger partial charge on any atom is 0.143 e. The monoisotopic (exact) mass is 728 g/mol. The second-order valence-electron chi connectivity index (χ2n) is 12.9. The predicted octanol–water partition coefficient (Wildman–Crippen LogP) is 11.7. The molecule has 8 heteroatoms. The van der Waals surface area contributed by atoms with Crippen molar-refractivity contribution < 1.29 is 8.78 Å². The number of hydrogen-bond acceptors (Lipinski definition) is 6. The minimum atomic E-state index is -0.730. The molecule has 0 saturated heterocycles. The van der Waals surface area contributed by atoms with Gasteiger partial charge in [-0.1, -0.05) is 97.1 Å². The zero-order valence-corrected chi connectivity index (χ0v) is 29.8. The molecule has 9 aromatic rings. The summed E-state index contributed by atoms with van der Waals surface area (Å²) < 4.78 is 36.6. The quantitative estimate of drug-likeness (QED) is 0.155. The SMILES string of the molecule is Fc1c(-c2cccc(-c3ccccc3)n2)c(-c2cccc(-c3ccccn3)n2)c(F)c(-c2cccc(-c3ccccn3)n2)c1-c1cccc(-c2ccccc2)n1. The van der Waals surface area contributed by atoms with Gasteiger partial charge in [0.15, 0.2) is 0 Å². The molecule has 3 aromatic carbocycles. The Hall–Kier alpha value is -7.58. The molecule has 0 atom stereocenters. The Morgan fingerprint density at radius 2 is 0.536 bits per heavy atom. The first-order valence-electron chi connectivity index (χ1n) is 18.0. The average Bonchev–Trinajstić information content (AvgIpc) is 3.28. The molecule has 6 nitrogen and oxygen atoms in total. The van der Waals surface area contributed by atoms with Crippen molar-refractivity contribution in [1.29, 1.82) is 0 Å². The molecule has 266 valence electrons. The van der Waals surface area contributed by atoms with Crippen LogP contribution in [0, 0.1) is 11.6 Å². The fraction of sp³-hybridized carbons (Fsp3) is 0. The number of hydrogen-bond donors (Lipinski definition) is 0. The van der Waals surface area contributed by atoms with Gasteiger partial charge in [-0.3, -0.25) is 9.97 Å². The van der Waals surface area contributed by atoms with E-state index in [-0.39, 0.29) is 45.0 Å². The lowest BCUT2D eigenvalue weighted by Gasteiger charge is -2.21. The van der Waals surface area contributed by atoms with E-state index in [0.29, 0.717) is 34.2 Å². The molecule has 0 amide bonds. The smallest absolute Gasteiger partial charge is 0.143 e. The average molecular weight is 729 g/mol. The van der Waals surface area contributed by atoms with Gasteiger partial charge in [0.2, 0.25) is 0 Å². The Labute approximate surface area is 322 Å². The summed E-state index contributed by atoms with van der Waals surface area (Å²) in [6, 6.07) is 51.3. The first-order valence-corrected chi connectivity index (χ1v) is 18.0. The lowest BCUT2D eigenvalue weighted by Crippen LogP contribution is -2.06.